The Labute approximate surface area is 242 Å². The van der Waals surface area contributed by atoms with E-state index in [0.29, 0.717) is 24.7 Å². The fraction of sp³-hybridized carbons (Fsp3) is 0.355. The Morgan fingerprint density at radius 3 is 2.32 bits per heavy atom. The zero-order chi connectivity index (χ0) is 29.6. The first-order valence-corrected chi connectivity index (χ1v) is 15.2. The Balaban J connectivity index is 1.73. The Kier molecular flexibility index (Phi) is 9.54. The van der Waals surface area contributed by atoms with E-state index in [1.54, 1.807) is 43.3 Å². The van der Waals surface area contributed by atoms with Crippen LogP contribution in [0.15, 0.2) is 77.7 Å². The Morgan fingerprint density at radius 2 is 1.63 bits per heavy atom. The lowest BCUT2D eigenvalue weighted by atomic mass is 10.1. The molecule has 0 aliphatic carbocycles. The molecule has 0 radical (unpaired) electrons. The zero-order valence-corrected chi connectivity index (χ0v) is 24.7. The van der Waals surface area contributed by atoms with Gasteiger partial charge in [-0.15, -0.1) is 0 Å². The van der Waals surface area contributed by atoms with Gasteiger partial charge in [0.15, 0.2) is 11.5 Å². The third kappa shape index (κ3) is 7.18. The molecule has 1 heterocycles. The SMILES string of the molecule is CC[C@H](C)NC(=O)[C@@H](C)N(Cc1cccc(C)c1)C(=O)CN(c1ccc2c(c1)OCCO2)S(=O)(=O)c1ccccc1. The number of fused-ring (bicyclic) bond motifs is 1. The third-order valence-corrected chi connectivity index (χ3v) is 8.82. The van der Waals surface area contributed by atoms with Crippen molar-refractivity contribution in [2.45, 2.75) is 57.6 Å². The lowest BCUT2D eigenvalue weighted by molar-refractivity contribution is -0.139. The molecule has 2 amide bonds. The summed E-state index contributed by atoms with van der Waals surface area (Å²) in [4.78, 5) is 28.7. The van der Waals surface area contributed by atoms with Crippen LogP contribution in [0.3, 0.4) is 0 Å². The predicted octanol–water partition coefficient (Wildman–Crippen LogP) is 4.29. The summed E-state index contributed by atoms with van der Waals surface area (Å²) >= 11 is 0. The highest BCUT2D eigenvalue weighted by atomic mass is 32.2. The van der Waals surface area contributed by atoms with Crippen molar-refractivity contribution in [3.8, 4) is 11.5 Å². The molecule has 1 aliphatic rings. The van der Waals surface area contributed by atoms with Gasteiger partial charge in [0.25, 0.3) is 10.0 Å². The standard InChI is InChI=1S/C31H37N3O6S/c1-5-23(3)32-31(36)24(4)33(20-25-11-9-10-22(2)18-25)30(35)21-34(41(37,38)27-12-7-6-8-13-27)26-14-15-28-29(19-26)40-17-16-39-28/h6-15,18-19,23-24H,5,16-17,20-21H2,1-4H3,(H,32,36)/t23-,24+/m0/s1. The number of hydrogen-bond donors (Lipinski definition) is 1. The minimum Gasteiger partial charge on any atom is -0.486 e. The smallest absolute Gasteiger partial charge is 0.264 e. The molecule has 1 aliphatic heterocycles. The van der Waals surface area contributed by atoms with E-state index in [1.165, 1.54) is 17.0 Å². The summed E-state index contributed by atoms with van der Waals surface area (Å²) in [7, 11) is -4.17. The second kappa shape index (κ2) is 13.1. The highest BCUT2D eigenvalue weighted by Crippen LogP contribution is 2.36. The monoisotopic (exact) mass is 579 g/mol. The number of aryl methyl sites for hydroxylation is 1. The van der Waals surface area contributed by atoms with Gasteiger partial charge in [-0.25, -0.2) is 8.42 Å². The summed E-state index contributed by atoms with van der Waals surface area (Å²) in [5.41, 5.74) is 2.09. The maximum absolute atomic E-state index is 14.1. The fourth-order valence-electron chi connectivity index (χ4n) is 4.49. The number of carbonyl (C=O) groups is 2. The summed E-state index contributed by atoms with van der Waals surface area (Å²) in [5, 5.41) is 2.94. The molecule has 0 aromatic heterocycles. The largest absolute Gasteiger partial charge is 0.486 e. The first kappa shape index (κ1) is 29.9. The Bertz CT molecular complexity index is 1480. The molecule has 4 rings (SSSR count). The van der Waals surface area contributed by atoms with Crippen molar-refractivity contribution < 1.29 is 27.5 Å². The second-order valence-electron chi connectivity index (χ2n) is 10.2. The molecule has 218 valence electrons. The number of hydrogen-bond acceptors (Lipinski definition) is 6. The molecule has 41 heavy (non-hydrogen) atoms. The minimum absolute atomic E-state index is 0.0375. The van der Waals surface area contributed by atoms with Gasteiger partial charge in [-0.1, -0.05) is 55.0 Å². The summed E-state index contributed by atoms with van der Waals surface area (Å²) < 4.78 is 40.3. The van der Waals surface area contributed by atoms with Crippen LogP contribution in [0, 0.1) is 6.92 Å². The maximum Gasteiger partial charge on any atom is 0.264 e. The number of ether oxygens (including phenoxy) is 2. The van der Waals surface area contributed by atoms with Gasteiger partial charge in [0.2, 0.25) is 11.8 Å². The van der Waals surface area contributed by atoms with Gasteiger partial charge >= 0.3 is 0 Å². The fourth-order valence-corrected chi connectivity index (χ4v) is 5.92. The molecule has 0 spiro atoms. The molecule has 3 aromatic carbocycles. The van der Waals surface area contributed by atoms with Gasteiger partial charge in [0.05, 0.1) is 10.6 Å². The predicted molar refractivity (Wildman–Crippen MR) is 157 cm³/mol. The van der Waals surface area contributed by atoms with Gasteiger partial charge in [0, 0.05) is 18.7 Å². The summed E-state index contributed by atoms with van der Waals surface area (Å²) in [6.07, 6.45) is 0.734. The average Bonchev–Trinajstić information content (AvgIpc) is 2.98. The topological polar surface area (TPSA) is 105 Å². The van der Waals surface area contributed by atoms with Crippen LogP contribution in [0.1, 0.15) is 38.3 Å². The van der Waals surface area contributed by atoms with Gasteiger partial charge in [0.1, 0.15) is 25.8 Å². The van der Waals surface area contributed by atoms with Crippen molar-refractivity contribution in [3.63, 3.8) is 0 Å². The van der Waals surface area contributed by atoms with E-state index in [9.17, 15) is 18.0 Å². The second-order valence-corrected chi connectivity index (χ2v) is 12.0. The molecular weight excluding hydrogens is 542 g/mol. The number of benzene rings is 3. The lowest BCUT2D eigenvalue weighted by Crippen LogP contribution is -2.52. The number of amides is 2. The average molecular weight is 580 g/mol. The van der Waals surface area contributed by atoms with Gasteiger partial charge in [-0.3, -0.25) is 13.9 Å². The van der Waals surface area contributed by atoms with E-state index in [0.717, 1.165) is 21.9 Å². The van der Waals surface area contributed by atoms with Crippen LogP contribution in [-0.2, 0) is 26.2 Å². The van der Waals surface area contributed by atoms with Gasteiger partial charge in [-0.05, 0) is 57.0 Å². The van der Waals surface area contributed by atoms with Crippen LogP contribution in [0.5, 0.6) is 11.5 Å². The lowest BCUT2D eigenvalue weighted by Gasteiger charge is -2.32. The van der Waals surface area contributed by atoms with Gasteiger partial charge in [-0.2, -0.15) is 0 Å². The van der Waals surface area contributed by atoms with E-state index < -0.39 is 28.5 Å². The van der Waals surface area contributed by atoms with Crippen molar-refractivity contribution in [3.05, 3.63) is 83.9 Å². The third-order valence-electron chi connectivity index (χ3n) is 7.03. The molecule has 0 fully saturated rings. The van der Waals surface area contributed by atoms with Crippen LogP contribution in [0.2, 0.25) is 0 Å². The van der Waals surface area contributed by atoms with Crippen LogP contribution < -0.4 is 19.1 Å². The molecule has 0 saturated heterocycles. The number of carbonyl (C=O) groups excluding carboxylic acids is 2. The Morgan fingerprint density at radius 1 is 0.927 bits per heavy atom. The first-order chi connectivity index (χ1) is 19.6. The molecular formula is C31H37N3O6S. The number of sulfonamides is 1. The van der Waals surface area contributed by atoms with Crippen molar-refractivity contribution in [1.82, 2.24) is 10.2 Å². The van der Waals surface area contributed by atoms with Crippen molar-refractivity contribution in [1.29, 1.82) is 0 Å². The van der Waals surface area contributed by atoms with Crippen molar-refractivity contribution >= 4 is 27.5 Å². The molecule has 0 bridgehead atoms. The normalized spacial score (nSPS) is 14.0. The van der Waals surface area contributed by atoms with E-state index >= 15 is 0 Å². The van der Waals surface area contributed by atoms with Crippen LogP contribution in [-0.4, -0.2) is 57.0 Å². The molecule has 0 unspecified atom stereocenters. The van der Waals surface area contributed by atoms with E-state index in [4.69, 9.17) is 9.47 Å². The van der Waals surface area contributed by atoms with Crippen molar-refractivity contribution in [2.75, 3.05) is 24.1 Å². The maximum atomic E-state index is 14.1. The van der Waals surface area contributed by atoms with Crippen LogP contribution in [0.4, 0.5) is 5.69 Å². The molecule has 9 nitrogen and oxygen atoms in total. The van der Waals surface area contributed by atoms with Crippen molar-refractivity contribution in [2.24, 2.45) is 0 Å². The highest BCUT2D eigenvalue weighted by Gasteiger charge is 2.33. The number of nitrogens with zero attached hydrogens (tertiary/aromatic N) is 2. The van der Waals surface area contributed by atoms with Crippen LogP contribution >= 0.6 is 0 Å². The van der Waals surface area contributed by atoms with E-state index in [2.05, 4.69) is 5.32 Å². The molecule has 2 atom stereocenters. The molecule has 0 saturated carbocycles. The molecule has 1 N–H and O–H groups in total. The molecule has 10 heteroatoms. The highest BCUT2D eigenvalue weighted by molar-refractivity contribution is 7.92. The summed E-state index contributed by atoms with van der Waals surface area (Å²) in [6, 6.07) is 19.5. The Hall–Kier alpha value is -4.05. The van der Waals surface area contributed by atoms with E-state index in [1.807, 2.05) is 45.0 Å². The minimum atomic E-state index is -4.17. The summed E-state index contributed by atoms with van der Waals surface area (Å²) in [5.74, 6) is 0.0667. The first-order valence-electron chi connectivity index (χ1n) is 13.7. The van der Waals surface area contributed by atoms with E-state index in [-0.39, 0.29) is 29.1 Å². The van der Waals surface area contributed by atoms with Crippen LogP contribution in [0.25, 0.3) is 0 Å². The quantitative estimate of drug-likeness (QED) is 0.363. The van der Waals surface area contributed by atoms with Gasteiger partial charge < -0.3 is 19.7 Å². The molecule has 3 aromatic rings. The number of rotatable bonds is 11. The number of nitrogens with one attached hydrogen (secondary N) is 1. The summed E-state index contributed by atoms with van der Waals surface area (Å²) in [6.45, 7) is 7.80. The zero-order valence-electron chi connectivity index (χ0n) is 23.9. The number of anilines is 1.